The van der Waals surface area contributed by atoms with Crippen molar-refractivity contribution in [3.63, 3.8) is 0 Å². The van der Waals surface area contributed by atoms with Gasteiger partial charge >= 0.3 is 0 Å². The second-order valence-corrected chi connectivity index (χ2v) is 6.85. The Morgan fingerprint density at radius 2 is 1.74 bits per heavy atom. The third-order valence-electron chi connectivity index (χ3n) is 4.28. The molecule has 0 bridgehead atoms. The molecule has 3 nitrogen and oxygen atoms in total. The highest BCUT2D eigenvalue weighted by molar-refractivity contribution is 6.31. The van der Waals surface area contributed by atoms with Crippen LogP contribution in [0.1, 0.15) is 50.7 Å². The first-order valence-corrected chi connectivity index (χ1v) is 10.1. The number of halogens is 2. The molecule has 0 aliphatic rings. The van der Waals surface area contributed by atoms with Crippen LogP contribution >= 0.6 is 11.6 Å². The molecule has 0 unspecified atom stereocenters. The maximum atomic E-state index is 13.8. The van der Waals surface area contributed by atoms with Crippen molar-refractivity contribution < 1.29 is 13.9 Å². The van der Waals surface area contributed by atoms with Crippen molar-refractivity contribution in [3.8, 4) is 11.5 Å². The van der Waals surface area contributed by atoms with Gasteiger partial charge in [0.15, 0.2) is 11.5 Å². The summed E-state index contributed by atoms with van der Waals surface area (Å²) in [5, 5.41) is 4.04. The van der Waals surface area contributed by atoms with Gasteiger partial charge in [0.05, 0.1) is 6.61 Å². The van der Waals surface area contributed by atoms with E-state index in [9.17, 15) is 4.39 Å². The highest BCUT2D eigenvalue weighted by Crippen LogP contribution is 2.34. The fraction of sp³-hybridized carbons (Fsp3) is 0.455. The van der Waals surface area contributed by atoms with Crippen LogP contribution in [0.2, 0.25) is 5.02 Å². The Hall–Kier alpha value is -1.78. The van der Waals surface area contributed by atoms with E-state index in [1.165, 1.54) is 25.3 Å². The zero-order chi connectivity index (χ0) is 19.5. The van der Waals surface area contributed by atoms with Crippen molar-refractivity contribution in [1.29, 1.82) is 0 Å². The van der Waals surface area contributed by atoms with Crippen molar-refractivity contribution in [2.24, 2.45) is 0 Å². The van der Waals surface area contributed by atoms with E-state index in [0.29, 0.717) is 35.2 Å². The smallest absolute Gasteiger partial charge is 0.163 e. The molecule has 148 valence electrons. The molecule has 2 rings (SSSR count). The quantitative estimate of drug-likeness (QED) is 0.440. The van der Waals surface area contributed by atoms with Gasteiger partial charge in [-0.1, -0.05) is 56.0 Å². The van der Waals surface area contributed by atoms with E-state index < -0.39 is 0 Å². The average molecular weight is 394 g/mol. The van der Waals surface area contributed by atoms with E-state index in [2.05, 4.69) is 12.2 Å². The van der Waals surface area contributed by atoms with E-state index in [-0.39, 0.29) is 12.4 Å². The number of hydrogen-bond donors (Lipinski definition) is 1. The predicted octanol–water partition coefficient (Wildman–Crippen LogP) is 6.13. The first-order valence-electron chi connectivity index (χ1n) is 9.67. The van der Waals surface area contributed by atoms with Crippen LogP contribution in [0, 0.1) is 5.82 Å². The molecule has 0 aromatic heterocycles. The highest BCUT2D eigenvalue weighted by atomic mass is 35.5. The van der Waals surface area contributed by atoms with E-state index in [0.717, 1.165) is 18.5 Å². The van der Waals surface area contributed by atoms with Crippen molar-refractivity contribution in [1.82, 2.24) is 5.32 Å². The SMILES string of the molecule is CCCCCCNCc1cc(OCC)c(OCc2ccccc2F)cc1Cl. The lowest BCUT2D eigenvalue weighted by atomic mass is 10.1. The molecule has 0 atom stereocenters. The van der Waals surface area contributed by atoms with Crippen LogP contribution in [0.3, 0.4) is 0 Å². The lowest BCUT2D eigenvalue weighted by molar-refractivity contribution is 0.265. The zero-order valence-corrected chi connectivity index (χ0v) is 16.9. The topological polar surface area (TPSA) is 30.5 Å². The van der Waals surface area contributed by atoms with Crippen LogP contribution in [0.4, 0.5) is 4.39 Å². The van der Waals surface area contributed by atoms with Crippen LogP contribution in [-0.2, 0) is 13.2 Å². The summed E-state index contributed by atoms with van der Waals surface area (Å²) in [6.07, 6.45) is 4.90. The van der Waals surface area contributed by atoms with Crippen molar-refractivity contribution in [3.05, 3.63) is 58.4 Å². The number of nitrogens with one attached hydrogen (secondary N) is 1. The Kier molecular flexibility index (Phi) is 9.43. The summed E-state index contributed by atoms with van der Waals surface area (Å²) in [5.74, 6) is 0.864. The normalized spacial score (nSPS) is 10.8. The van der Waals surface area contributed by atoms with E-state index in [1.54, 1.807) is 24.3 Å². The van der Waals surface area contributed by atoms with Gasteiger partial charge in [0, 0.05) is 23.2 Å². The number of benzene rings is 2. The molecule has 0 aliphatic heterocycles. The standard InChI is InChI=1S/C22H29ClFNO2/c1-3-5-6-9-12-25-15-18-13-21(26-4-2)22(14-19(18)23)27-16-17-10-7-8-11-20(17)24/h7-8,10-11,13-14,25H,3-6,9,12,15-16H2,1-2H3. The summed E-state index contributed by atoms with van der Waals surface area (Å²) in [7, 11) is 0. The molecule has 0 fully saturated rings. The lowest BCUT2D eigenvalue weighted by Crippen LogP contribution is -2.15. The Balaban J connectivity index is 2.00. The summed E-state index contributed by atoms with van der Waals surface area (Å²) in [4.78, 5) is 0. The first-order chi connectivity index (χ1) is 13.2. The minimum Gasteiger partial charge on any atom is -0.490 e. The van der Waals surface area contributed by atoms with Gasteiger partial charge in [0.2, 0.25) is 0 Å². The van der Waals surface area contributed by atoms with Gasteiger partial charge in [-0.3, -0.25) is 0 Å². The van der Waals surface area contributed by atoms with Gasteiger partial charge in [-0.05, 0) is 37.6 Å². The zero-order valence-electron chi connectivity index (χ0n) is 16.2. The summed E-state index contributed by atoms with van der Waals surface area (Å²) in [6, 6.07) is 10.2. The van der Waals surface area contributed by atoms with Crippen LogP contribution in [0.15, 0.2) is 36.4 Å². The molecule has 2 aromatic rings. The number of unbranched alkanes of at least 4 members (excludes halogenated alkanes) is 3. The molecular formula is C22H29ClFNO2. The van der Waals surface area contributed by atoms with Gasteiger partial charge < -0.3 is 14.8 Å². The first kappa shape index (κ1) is 21.5. The highest BCUT2D eigenvalue weighted by Gasteiger charge is 2.12. The van der Waals surface area contributed by atoms with Crippen LogP contribution in [-0.4, -0.2) is 13.2 Å². The number of rotatable bonds is 12. The minimum atomic E-state index is -0.287. The van der Waals surface area contributed by atoms with Crippen molar-refractivity contribution in [2.45, 2.75) is 52.7 Å². The molecule has 0 saturated heterocycles. The molecule has 0 radical (unpaired) electrons. The molecule has 0 aliphatic carbocycles. The molecule has 5 heteroatoms. The van der Waals surface area contributed by atoms with Crippen LogP contribution < -0.4 is 14.8 Å². The van der Waals surface area contributed by atoms with Gasteiger partial charge in [-0.2, -0.15) is 0 Å². The maximum absolute atomic E-state index is 13.8. The van der Waals surface area contributed by atoms with E-state index in [4.69, 9.17) is 21.1 Å². The summed E-state index contributed by atoms with van der Waals surface area (Å²) in [5.41, 5.74) is 1.46. The second-order valence-electron chi connectivity index (χ2n) is 6.44. The largest absolute Gasteiger partial charge is 0.490 e. The van der Waals surface area contributed by atoms with Crippen molar-refractivity contribution in [2.75, 3.05) is 13.2 Å². The van der Waals surface area contributed by atoms with Gasteiger partial charge in [-0.15, -0.1) is 0 Å². The third kappa shape index (κ3) is 7.04. The molecule has 0 spiro atoms. The van der Waals surface area contributed by atoms with Crippen LogP contribution in [0.5, 0.6) is 11.5 Å². The fourth-order valence-electron chi connectivity index (χ4n) is 2.76. The second kappa shape index (κ2) is 11.8. The summed E-state index contributed by atoms with van der Waals surface area (Å²) in [6.45, 7) is 6.41. The number of hydrogen-bond acceptors (Lipinski definition) is 3. The summed E-state index contributed by atoms with van der Waals surface area (Å²) < 4.78 is 25.3. The van der Waals surface area contributed by atoms with Gasteiger partial charge in [0.1, 0.15) is 12.4 Å². The maximum Gasteiger partial charge on any atom is 0.163 e. The van der Waals surface area contributed by atoms with E-state index >= 15 is 0 Å². The van der Waals surface area contributed by atoms with Crippen molar-refractivity contribution >= 4 is 11.6 Å². The Morgan fingerprint density at radius 1 is 0.963 bits per heavy atom. The molecular weight excluding hydrogens is 365 g/mol. The predicted molar refractivity (Wildman–Crippen MR) is 109 cm³/mol. The van der Waals surface area contributed by atoms with Gasteiger partial charge in [0.25, 0.3) is 0 Å². The average Bonchev–Trinajstić information content (AvgIpc) is 2.66. The molecule has 2 aromatic carbocycles. The van der Waals surface area contributed by atoms with E-state index in [1.807, 2.05) is 13.0 Å². The Labute approximate surface area is 166 Å². The Morgan fingerprint density at radius 3 is 2.48 bits per heavy atom. The molecule has 0 amide bonds. The lowest BCUT2D eigenvalue weighted by Gasteiger charge is -2.15. The molecule has 0 saturated carbocycles. The Bertz CT molecular complexity index is 709. The molecule has 27 heavy (non-hydrogen) atoms. The fourth-order valence-corrected chi connectivity index (χ4v) is 2.99. The van der Waals surface area contributed by atoms with Crippen LogP contribution in [0.25, 0.3) is 0 Å². The molecule has 1 N–H and O–H groups in total. The minimum absolute atomic E-state index is 0.123. The molecule has 0 heterocycles. The number of ether oxygens (including phenoxy) is 2. The summed E-state index contributed by atoms with van der Waals surface area (Å²) >= 11 is 6.43. The van der Waals surface area contributed by atoms with Gasteiger partial charge in [-0.25, -0.2) is 4.39 Å². The third-order valence-corrected chi connectivity index (χ3v) is 4.63. The monoisotopic (exact) mass is 393 g/mol.